The monoisotopic (exact) mass is 529 g/mol. The summed E-state index contributed by atoms with van der Waals surface area (Å²) >= 11 is 0. The third kappa shape index (κ3) is 8.59. The van der Waals surface area contributed by atoms with Crippen molar-refractivity contribution in [3.05, 3.63) is 64.7 Å². The van der Waals surface area contributed by atoms with E-state index in [0.29, 0.717) is 31.6 Å². The highest BCUT2D eigenvalue weighted by Crippen LogP contribution is 2.25. The Hall–Kier alpha value is -2.87. The molecule has 0 aromatic heterocycles. The standard InChI is InChI=1S/C29H43N3O4S/c1-7-9-19-30-29(34)26(8-2)31(21-25-16-11-10-14-23(25)4)28(33)18-13-20-32(37(6,35)36)27-17-12-15-22(3)24(27)5/h10-12,14-17,26H,7-9,13,18-21H2,1-6H3,(H,30,34)/t26-/m1/s1. The van der Waals surface area contributed by atoms with E-state index in [1.165, 1.54) is 10.6 Å². The van der Waals surface area contributed by atoms with E-state index in [9.17, 15) is 18.0 Å². The first-order chi connectivity index (χ1) is 17.5. The first-order valence-electron chi connectivity index (χ1n) is 13.2. The third-order valence-corrected chi connectivity index (χ3v) is 7.99. The van der Waals surface area contributed by atoms with Crippen LogP contribution in [0.5, 0.6) is 0 Å². The minimum Gasteiger partial charge on any atom is -0.354 e. The molecule has 0 aliphatic rings. The van der Waals surface area contributed by atoms with Gasteiger partial charge < -0.3 is 10.2 Å². The SMILES string of the molecule is CCCCNC(=O)[C@@H](CC)N(Cc1ccccc1C)C(=O)CCCN(c1cccc(C)c1C)S(C)(=O)=O. The number of sulfonamides is 1. The summed E-state index contributed by atoms with van der Waals surface area (Å²) in [4.78, 5) is 28.3. The molecule has 0 fully saturated rings. The number of aryl methyl sites for hydroxylation is 2. The van der Waals surface area contributed by atoms with Crippen LogP contribution in [0.15, 0.2) is 42.5 Å². The number of nitrogens with one attached hydrogen (secondary N) is 1. The van der Waals surface area contributed by atoms with Crippen LogP contribution in [0.2, 0.25) is 0 Å². The molecule has 7 nitrogen and oxygen atoms in total. The molecule has 0 unspecified atom stereocenters. The van der Waals surface area contributed by atoms with Crippen molar-refractivity contribution in [3.63, 3.8) is 0 Å². The molecule has 0 spiro atoms. The van der Waals surface area contributed by atoms with Gasteiger partial charge in [-0.05, 0) is 68.4 Å². The van der Waals surface area contributed by atoms with E-state index in [1.54, 1.807) is 11.0 Å². The minimum atomic E-state index is -3.53. The van der Waals surface area contributed by atoms with Gasteiger partial charge in [0.05, 0.1) is 11.9 Å². The van der Waals surface area contributed by atoms with E-state index in [4.69, 9.17) is 0 Å². The highest BCUT2D eigenvalue weighted by Gasteiger charge is 2.29. The lowest BCUT2D eigenvalue weighted by Crippen LogP contribution is -2.49. The number of carbonyl (C=O) groups excluding carboxylic acids is 2. The van der Waals surface area contributed by atoms with Crippen LogP contribution in [-0.2, 0) is 26.2 Å². The second kappa shape index (κ2) is 14.2. The summed E-state index contributed by atoms with van der Waals surface area (Å²) < 4.78 is 26.6. The van der Waals surface area contributed by atoms with Crippen LogP contribution < -0.4 is 9.62 Å². The zero-order chi connectivity index (χ0) is 27.6. The molecule has 1 N–H and O–H groups in total. The molecule has 2 aromatic carbocycles. The van der Waals surface area contributed by atoms with Gasteiger partial charge in [-0.15, -0.1) is 0 Å². The van der Waals surface area contributed by atoms with Gasteiger partial charge in [0.25, 0.3) is 0 Å². The number of anilines is 1. The van der Waals surface area contributed by atoms with Crippen molar-refractivity contribution >= 4 is 27.5 Å². The van der Waals surface area contributed by atoms with Crippen LogP contribution in [0.4, 0.5) is 5.69 Å². The fraction of sp³-hybridized carbons (Fsp3) is 0.517. The van der Waals surface area contributed by atoms with Gasteiger partial charge in [-0.1, -0.05) is 56.7 Å². The van der Waals surface area contributed by atoms with Crippen LogP contribution in [-0.4, -0.2) is 50.5 Å². The smallest absolute Gasteiger partial charge is 0.242 e. The molecule has 0 aliphatic carbocycles. The van der Waals surface area contributed by atoms with Crippen LogP contribution >= 0.6 is 0 Å². The molecule has 1 atom stereocenters. The molecule has 204 valence electrons. The van der Waals surface area contributed by atoms with Crippen molar-refractivity contribution in [1.29, 1.82) is 0 Å². The summed E-state index contributed by atoms with van der Waals surface area (Å²) in [5.74, 6) is -0.304. The van der Waals surface area contributed by atoms with Crippen molar-refractivity contribution in [2.45, 2.75) is 79.3 Å². The average Bonchev–Trinajstić information content (AvgIpc) is 2.84. The van der Waals surface area contributed by atoms with Gasteiger partial charge in [0.15, 0.2) is 0 Å². The summed E-state index contributed by atoms with van der Waals surface area (Å²) in [5.41, 5.74) is 4.58. The van der Waals surface area contributed by atoms with E-state index in [2.05, 4.69) is 12.2 Å². The highest BCUT2D eigenvalue weighted by atomic mass is 32.2. The number of hydrogen-bond donors (Lipinski definition) is 1. The molecule has 2 rings (SSSR count). The quantitative estimate of drug-likeness (QED) is 0.353. The number of unbranched alkanes of at least 4 members (excludes halogenated alkanes) is 1. The number of rotatable bonds is 14. The van der Waals surface area contributed by atoms with Crippen LogP contribution in [0.25, 0.3) is 0 Å². The Morgan fingerprint density at radius 3 is 2.24 bits per heavy atom. The van der Waals surface area contributed by atoms with Crippen molar-refractivity contribution in [2.24, 2.45) is 0 Å². The third-order valence-electron chi connectivity index (χ3n) is 6.81. The Bertz CT molecular complexity index is 1160. The molecule has 2 amide bonds. The van der Waals surface area contributed by atoms with Crippen molar-refractivity contribution in [3.8, 4) is 0 Å². The predicted molar refractivity (Wildman–Crippen MR) is 151 cm³/mol. The van der Waals surface area contributed by atoms with Crippen LogP contribution in [0.3, 0.4) is 0 Å². The van der Waals surface area contributed by atoms with Gasteiger partial charge >= 0.3 is 0 Å². The predicted octanol–water partition coefficient (Wildman–Crippen LogP) is 4.88. The first-order valence-corrected chi connectivity index (χ1v) is 15.0. The zero-order valence-corrected chi connectivity index (χ0v) is 24.0. The molecule has 0 bridgehead atoms. The molecule has 0 radical (unpaired) electrons. The zero-order valence-electron chi connectivity index (χ0n) is 23.2. The maximum absolute atomic E-state index is 13.6. The summed E-state index contributed by atoms with van der Waals surface area (Å²) in [6.45, 7) is 10.9. The Labute approximate surface area is 223 Å². The molecule has 0 aliphatic heterocycles. The normalized spacial score (nSPS) is 12.2. The van der Waals surface area contributed by atoms with E-state index in [-0.39, 0.29) is 24.8 Å². The lowest BCUT2D eigenvalue weighted by atomic mass is 10.0. The molecule has 0 saturated carbocycles. The van der Waals surface area contributed by atoms with E-state index < -0.39 is 16.1 Å². The maximum atomic E-state index is 13.6. The number of benzene rings is 2. The maximum Gasteiger partial charge on any atom is 0.242 e. The van der Waals surface area contributed by atoms with Crippen molar-refractivity contribution in [2.75, 3.05) is 23.7 Å². The molecule has 0 heterocycles. The van der Waals surface area contributed by atoms with Crippen molar-refractivity contribution < 1.29 is 18.0 Å². The fourth-order valence-electron chi connectivity index (χ4n) is 4.38. The number of hydrogen-bond acceptors (Lipinski definition) is 4. The molecule has 0 saturated heterocycles. The van der Waals surface area contributed by atoms with E-state index in [1.807, 2.05) is 64.1 Å². The Morgan fingerprint density at radius 2 is 1.62 bits per heavy atom. The fourth-order valence-corrected chi connectivity index (χ4v) is 5.40. The lowest BCUT2D eigenvalue weighted by Gasteiger charge is -2.31. The number of carbonyl (C=O) groups is 2. The topological polar surface area (TPSA) is 86.8 Å². The largest absolute Gasteiger partial charge is 0.354 e. The molecular weight excluding hydrogens is 486 g/mol. The summed E-state index contributed by atoms with van der Waals surface area (Å²) in [5, 5.41) is 2.98. The van der Waals surface area contributed by atoms with Crippen molar-refractivity contribution in [1.82, 2.24) is 10.2 Å². The molecule has 8 heteroatoms. The first kappa shape index (κ1) is 30.4. The molecular formula is C29H43N3O4S. The number of amides is 2. The Balaban J connectivity index is 2.24. The Kier molecular flexibility index (Phi) is 11.6. The Morgan fingerprint density at radius 1 is 0.946 bits per heavy atom. The van der Waals surface area contributed by atoms with E-state index >= 15 is 0 Å². The average molecular weight is 530 g/mol. The minimum absolute atomic E-state index is 0.140. The van der Waals surface area contributed by atoms with Gasteiger partial charge in [0.2, 0.25) is 21.8 Å². The van der Waals surface area contributed by atoms with Gasteiger partial charge in [0.1, 0.15) is 6.04 Å². The lowest BCUT2D eigenvalue weighted by molar-refractivity contribution is -0.141. The number of nitrogens with zero attached hydrogens (tertiary/aromatic N) is 2. The summed E-state index contributed by atoms with van der Waals surface area (Å²) in [6.07, 6.45) is 4.02. The van der Waals surface area contributed by atoms with Gasteiger partial charge in [-0.25, -0.2) is 8.42 Å². The molecule has 2 aromatic rings. The van der Waals surface area contributed by atoms with Gasteiger partial charge in [-0.2, -0.15) is 0 Å². The van der Waals surface area contributed by atoms with Crippen LogP contribution in [0.1, 0.15) is 68.2 Å². The summed E-state index contributed by atoms with van der Waals surface area (Å²) in [7, 11) is -3.53. The van der Waals surface area contributed by atoms with E-state index in [0.717, 1.165) is 35.1 Å². The summed E-state index contributed by atoms with van der Waals surface area (Å²) in [6, 6.07) is 12.8. The van der Waals surface area contributed by atoms with Gasteiger partial charge in [0, 0.05) is 26.1 Å². The second-order valence-corrected chi connectivity index (χ2v) is 11.6. The van der Waals surface area contributed by atoms with Crippen LogP contribution in [0, 0.1) is 20.8 Å². The highest BCUT2D eigenvalue weighted by molar-refractivity contribution is 7.92. The van der Waals surface area contributed by atoms with Gasteiger partial charge in [-0.3, -0.25) is 13.9 Å². The molecule has 37 heavy (non-hydrogen) atoms. The second-order valence-electron chi connectivity index (χ2n) is 9.67.